The van der Waals surface area contributed by atoms with Crippen molar-refractivity contribution in [2.24, 2.45) is 0 Å². The maximum atomic E-state index is 7.33. The van der Waals surface area contributed by atoms with Crippen molar-refractivity contribution in [2.45, 2.75) is 97.1 Å². The summed E-state index contributed by atoms with van der Waals surface area (Å²) in [5, 5.41) is 14.9. The van der Waals surface area contributed by atoms with Gasteiger partial charge in [0.2, 0.25) is 0 Å². The smallest absolute Gasteiger partial charge is 0.159 e. The van der Waals surface area contributed by atoms with Crippen molar-refractivity contribution in [1.29, 1.82) is 0 Å². The second kappa shape index (κ2) is 20.1. The SMILES string of the molecule is CC(C)(C)c1cccc2c1oc1c(N(c3ccc([Si](C)(C)C)cc3)c3ccc4c(c3)C3(c5ccccc5-c5cc6c7ccccc7c7ccccc7c6cc53)c3cc(N(c5ccc([Si](C)(C)C)cc5)c5cccc6c5oc5c(C(C)(C)C)cccc56)ccc3-4)cccc12. The zero-order valence-electron chi connectivity index (χ0n) is 55.3. The molecular weight excluding hydrogens is 1160 g/mol. The van der Waals surface area contributed by atoms with Crippen molar-refractivity contribution >= 4 is 137 Å². The van der Waals surface area contributed by atoms with Crippen molar-refractivity contribution in [3.05, 3.63) is 276 Å². The lowest BCUT2D eigenvalue weighted by Crippen LogP contribution is -2.37. The minimum absolute atomic E-state index is 0.131. The number of rotatable bonds is 8. The number of fused-ring (bicyclic) bond motifs is 22. The van der Waals surface area contributed by atoms with Gasteiger partial charge in [-0.2, -0.15) is 0 Å². The third kappa shape index (κ3) is 8.53. The molecule has 0 saturated carbocycles. The van der Waals surface area contributed by atoms with E-state index in [9.17, 15) is 0 Å². The van der Waals surface area contributed by atoms with Gasteiger partial charge in [0.05, 0.1) is 32.9 Å². The Bertz CT molecular complexity index is 5380. The van der Waals surface area contributed by atoms with Crippen LogP contribution in [0.5, 0.6) is 0 Å². The topological polar surface area (TPSA) is 32.8 Å². The van der Waals surface area contributed by atoms with Crippen LogP contribution < -0.4 is 20.2 Å². The van der Waals surface area contributed by atoms with Crippen LogP contribution in [-0.4, -0.2) is 16.1 Å². The zero-order valence-corrected chi connectivity index (χ0v) is 57.3. The maximum Gasteiger partial charge on any atom is 0.159 e. The van der Waals surface area contributed by atoms with Gasteiger partial charge in [-0.15, -0.1) is 0 Å². The Morgan fingerprint density at radius 1 is 0.280 bits per heavy atom. The molecule has 0 saturated heterocycles. The average molecular weight is 1240 g/mol. The lowest BCUT2D eigenvalue weighted by Gasteiger charge is -2.33. The number of para-hydroxylation sites is 4. The molecule has 454 valence electrons. The molecule has 17 rings (SSSR count). The molecule has 0 radical (unpaired) electrons. The van der Waals surface area contributed by atoms with Crippen molar-refractivity contribution in [1.82, 2.24) is 0 Å². The molecule has 0 atom stereocenters. The van der Waals surface area contributed by atoms with Crippen LogP contribution >= 0.6 is 0 Å². The fourth-order valence-electron chi connectivity index (χ4n) is 16.1. The Balaban J connectivity index is 0.973. The normalized spacial score (nSPS) is 13.7. The Morgan fingerprint density at radius 3 is 1.05 bits per heavy atom. The van der Waals surface area contributed by atoms with Crippen LogP contribution in [0.15, 0.2) is 251 Å². The second-order valence-electron chi connectivity index (χ2n) is 30.4. The lowest BCUT2D eigenvalue weighted by atomic mass is 9.70. The number of nitrogens with zero attached hydrogens (tertiary/aromatic N) is 2. The van der Waals surface area contributed by atoms with Gasteiger partial charge in [0.1, 0.15) is 11.2 Å². The van der Waals surface area contributed by atoms with E-state index in [0.717, 1.165) is 78.0 Å². The minimum Gasteiger partial charge on any atom is -0.454 e. The van der Waals surface area contributed by atoms with Gasteiger partial charge in [0.15, 0.2) is 11.2 Å². The second-order valence-corrected chi connectivity index (χ2v) is 40.6. The Labute approximate surface area is 547 Å². The highest BCUT2D eigenvalue weighted by molar-refractivity contribution is 6.89. The first-order chi connectivity index (χ1) is 44.7. The van der Waals surface area contributed by atoms with Crippen molar-refractivity contribution in [3.63, 3.8) is 0 Å². The molecule has 0 amide bonds. The van der Waals surface area contributed by atoms with Gasteiger partial charge in [-0.1, -0.05) is 261 Å². The summed E-state index contributed by atoms with van der Waals surface area (Å²) < 4.78 is 14.7. The fraction of sp³-hybridized carbons (Fsp3) is 0.172. The Kier molecular flexibility index (Phi) is 12.4. The van der Waals surface area contributed by atoms with Crippen molar-refractivity contribution in [2.75, 3.05) is 9.80 Å². The van der Waals surface area contributed by atoms with Crippen LogP contribution in [0.2, 0.25) is 39.3 Å². The molecule has 2 aliphatic carbocycles. The van der Waals surface area contributed by atoms with E-state index in [1.165, 1.54) is 98.3 Å². The summed E-state index contributed by atoms with van der Waals surface area (Å²) in [4.78, 5) is 4.95. The van der Waals surface area contributed by atoms with E-state index in [-0.39, 0.29) is 10.8 Å². The van der Waals surface area contributed by atoms with Gasteiger partial charge >= 0.3 is 0 Å². The molecule has 0 aliphatic heterocycles. The number of furan rings is 2. The summed E-state index contributed by atoms with van der Waals surface area (Å²) in [6.07, 6.45) is 0. The summed E-state index contributed by atoms with van der Waals surface area (Å²) in [6, 6.07) is 92.8. The first kappa shape index (κ1) is 57.2. The van der Waals surface area contributed by atoms with Crippen LogP contribution in [0.3, 0.4) is 0 Å². The third-order valence-electron chi connectivity index (χ3n) is 20.6. The molecular formula is C87H76N2O2Si2. The van der Waals surface area contributed by atoms with E-state index in [2.05, 4.69) is 333 Å². The van der Waals surface area contributed by atoms with Crippen LogP contribution in [0.1, 0.15) is 74.9 Å². The first-order valence-electron chi connectivity index (χ1n) is 33.1. The highest BCUT2D eigenvalue weighted by Gasteiger charge is 2.53. The summed E-state index contributed by atoms with van der Waals surface area (Å²) in [5.41, 5.74) is 21.3. The van der Waals surface area contributed by atoms with E-state index >= 15 is 0 Å². The summed E-state index contributed by atoms with van der Waals surface area (Å²) >= 11 is 0. The van der Waals surface area contributed by atoms with Gasteiger partial charge < -0.3 is 18.6 Å². The molecule has 13 aromatic carbocycles. The molecule has 0 bridgehead atoms. The van der Waals surface area contributed by atoms with E-state index in [1.807, 2.05) is 0 Å². The minimum atomic E-state index is -1.67. The van der Waals surface area contributed by atoms with E-state index in [1.54, 1.807) is 0 Å². The maximum absolute atomic E-state index is 7.33. The fourth-order valence-corrected chi connectivity index (χ4v) is 18.4. The van der Waals surface area contributed by atoms with E-state index in [4.69, 9.17) is 8.83 Å². The number of anilines is 6. The van der Waals surface area contributed by atoms with Gasteiger partial charge in [-0.25, -0.2) is 0 Å². The highest BCUT2D eigenvalue weighted by Crippen LogP contribution is 2.65. The van der Waals surface area contributed by atoms with Crippen molar-refractivity contribution in [3.8, 4) is 22.3 Å². The Morgan fingerprint density at radius 2 is 0.624 bits per heavy atom. The van der Waals surface area contributed by atoms with Gasteiger partial charge in [0.25, 0.3) is 0 Å². The van der Waals surface area contributed by atoms with Crippen LogP contribution in [-0.2, 0) is 16.2 Å². The van der Waals surface area contributed by atoms with Gasteiger partial charge in [0, 0.05) is 55.4 Å². The van der Waals surface area contributed by atoms with Crippen LogP contribution in [0.4, 0.5) is 34.1 Å². The number of hydrogen-bond acceptors (Lipinski definition) is 4. The predicted octanol–water partition coefficient (Wildman–Crippen LogP) is 23.9. The summed E-state index contributed by atoms with van der Waals surface area (Å²) in [6.45, 7) is 28.3. The molecule has 15 aromatic rings. The number of hydrogen-bond donors (Lipinski definition) is 0. The highest BCUT2D eigenvalue weighted by atomic mass is 28.3. The van der Waals surface area contributed by atoms with Crippen LogP contribution in [0.25, 0.3) is 98.4 Å². The quantitative estimate of drug-likeness (QED) is 0.112. The van der Waals surface area contributed by atoms with E-state index in [0.29, 0.717) is 0 Å². The first-order valence-corrected chi connectivity index (χ1v) is 40.1. The molecule has 2 aromatic heterocycles. The molecule has 93 heavy (non-hydrogen) atoms. The van der Waals surface area contributed by atoms with Gasteiger partial charge in [-0.05, 0) is 160 Å². The molecule has 1 spiro atoms. The lowest BCUT2D eigenvalue weighted by molar-refractivity contribution is 0.572. The monoisotopic (exact) mass is 1240 g/mol. The molecule has 0 unspecified atom stereocenters. The molecule has 0 fully saturated rings. The molecule has 2 aliphatic rings. The van der Waals surface area contributed by atoms with Gasteiger partial charge in [-0.3, -0.25) is 0 Å². The average Bonchev–Trinajstić information content (AvgIpc) is 1.50. The summed E-state index contributed by atoms with van der Waals surface area (Å²) in [7, 11) is -3.35. The molecule has 6 heteroatoms. The standard InChI is InChI=1S/C87H76N2O2Si2/c1-85(2,3)74-33-19-28-66-68-30-21-35-79(83(68)90-81(66)74)88(53-37-43-57(44-38-53)92(7,8)9)55-41-47-64-65-48-42-56(89(54-39-45-58(46-40-54)93(10,11)12)80-36-22-31-69-67-29-20-34-75(86(4,5)6)82(67)91-84(69)80)50-77(65)87(76(64)49-55)73-32-18-17-27-63(73)72-51-70-61-25-15-13-23-59(61)60-24-14-16-26-62(60)71(70)52-78(72)87/h13-52H,1-12H3. The Hall–Kier alpha value is -9.73. The number of benzene rings is 13. The molecule has 4 nitrogen and oxygen atoms in total. The van der Waals surface area contributed by atoms with Crippen molar-refractivity contribution < 1.29 is 8.83 Å². The molecule has 0 N–H and O–H groups in total. The molecule has 2 heterocycles. The predicted molar refractivity (Wildman–Crippen MR) is 403 cm³/mol. The zero-order chi connectivity index (χ0) is 63.8. The third-order valence-corrected chi connectivity index (χ3v) is 24.7. The summed E-state index contributed by atoms with van der Waals surface area (Å²) in [5.74, 6) is 0. The van der Waals surface area contributed by atoms with E-state index < -0.39 is 21.6 Å². The van der Waals surface area contributed by atoms with Crippen LogP contribution in [0, 0.1) is 0 Å². The largest absolute Gasteiger partial charge is 0.454 e.